The normalized spacial score (nSPS) is 14.2. The maximum atomic E-state index is 11.9. The van der Waals surface area contributed by atoms with Gasteiger partial charge in [0.1, 0.15) is 0 Å². The number of rotatable bonds is 20. The SMILES string of the molecule is CCCCCCCCC(=O)OCC(C)C(C)C(C)COC(=O)CCCCCCCC. The summed E-state index contributed by atoms with van der Waals surface area (Å²) in [5.74, 6) is 0.676. The fourth-order valence-electron chi connectivity index (χ4n) is 3.56. The Bertz CT molecular complexity index is 383. The molecule has 30 heavy (non-hydrogen) atoms. The molecule has 2 atom stereocenters. The van der Waals surface area contributed by atoms with E-state index in [2.05, 4.69) is 34.6 Å². The van der Waals surface area contributed by atoms with Gasteiger partial charge in [0.25, 0.3) is 0 Å². The molecule has 0 aliphatic carbocycles. The summed E-state index contributed by atoms with van der Waals surface area (Å²) in [6.45, 7) is 11.7. The van der Waals surface area contributed by atoms with E-state index in [1.165, 1.54) is 51.4 Å². The molecule has 4 heteroatoms. The molecule has 0 spiro atoms. The summed E-state index contributed by atoms with van der Waals surface area (Å²) in [5.41, 5.74) is 0. The largest absolute Gasteiger partial charge is 0.465 e. The van der Waals surface area contributed by atoms with Crippen molar-refractivity contribution in [3.8, 4) is 0 Å². The van der Waals surface area contributed by atoms with Gasteiger partial charge in [0.05, 0.1) is 13.2 Å². The lowest BCUT2D eigenvalue weighted by atomic mass is 9.86. The van der Waals surface area contributed by atoms with E-state index in [1.54, 1.807) is 0 Å². The molecule has 0 aromatic carbocycles. The van der Waals surface area contributed by atoms with Gasteiger partial charge in [0, 0.05) is 12.8 Å². The van der Waals surface area contributed by atoms with Crippen molar-refractivity contribution in [2.45, 2.75) is 125 Å². The van der Waals surface area contributed by atoms with Crippen LogP contribution >= 0.6 is 0 Å². The molecule has 0 fully saturated rings. The second kappa shape index (κ2) is 19.9. The Morgan fingerprint density at radius 1 is 0.567 bits per heavy atom. The molecule has 0 aromatic heterocycles. The van der Waals surface area contributed by atoms with Gasteiger partial charge in [-0.05, 0) is 30.6 Å². The molecule has 0 saturated carbocycles. The predicted octanol–water partition coefficient (Wildman–Crippen LogP) is 7.48. The van der Waals surface area contributed by atoms with Crippen molar-refractivity contribution in [1.82, 2.24) is 0 Å². The minimum absolute atomic E-state index is 0.0810. The zero-order valence-electron chi connectivity index (χ0n) is 20.7. The van der Waals surface area contributed by atoms with E-state index in [0.29, 0.717) is 32.0 Å². The van der Waals surface area contributed by atoms with Crippen LogP contribution in [0.25, 0.3) is 0 Å². The Morgan fingerprint density at radius 2 is 0.900 bits per heavy atom. The Kier molecular flexibility index (Phi) is 19.2. The summed E-state index contributed by atoms with van der Waals surface area (Å²) in [5, 5.41) is 0. The first-order valence-corrected chi connectivity index (χ1v) is 12.7. The van der Waals surface area contributed by atoms with Crippen molar-refractivity contribution < 1.29 is 19.1 Å². The zero-order chi connectivity index (χ0) is 22.6. The van der Waals surface area contributed by atoms with Crippen LogP contribution in [-0.2, 0) is 19.1 Å². The van der Waals surface area contributed by atoms with Gasteiger partial charge in [-0.15, -0.1) is 0 Å². The van der Waals surface area contributed by atoms with Crippen molar-refractivity contribution in [3.63, 3.8) is 0 Å². The molecule has 4 nitrogen and oxygen atoms in total. The number of hydrogen-bond acceptors (Lipinski definition) is 4. The topological polar surface area (TPSA) is 52.6 Å². The van der Waals surface area contributed by atoms with E-state index in [-0.39, 0.29) is 23.8 Å². The van der Waals surface area contributed by atoms with E-state index in [4.69, 9.17) is 9.47 Å². The number of carbonyl (C=O) groups is 2. The summed E-state index contributed by atoms with van der Waals surface area (Å²) >= 11 is 0. The van der Waals surface area contributed by atoms with Crippen LogP contribution in [0.3, 0.4) is 0 Å². The van der Waals surface area contributed by atoms with E-state index >= 15 is 0 Å². The van der Waals surface area contributed by atoms with Crippen LogP contribution in [0.1, 0.15) is 125 Å². The lowest BCUT2D eigenvalue weighted by Crippen LogP contribution is -2.26. The number of esters is 2. The first kappa shape index (κ1) is 28.9. The fraction of sp³-hybridized carbons (Fsp3) is 0.923. The maximum Gasteiger partial charge on any atom is 0.305 e. The Morgan fingerprint density at radius 3 is 1.27 bits per heavy atom. The number of unbranched alkanes of at least 4 members (excludes halogenated alkanes) is 10. The van der Waals surface area contributed by atoms with E-state index in [9.17, 15) is 9.59 Å². The second-order valence-electron chi connectivity index (χ2n) is 9.22. The third kappa shape index (κ3) is 16.7. The molecule has 0 radical (unpaired) electrons. The number of carbonyl (C=O) groups excluding carboxylic acids is 2. The van der Waals surface area contributed by atoms with Crippen LogP contribution in [0.5, 0.6) is 0 Å². The monoisotopic (exact) mass is 426 g/mol. The standard InChI is InChI=1S/C26H50O4/c1-6-8-10-12-14-16-18-25(27)29-20-22(3)24(5)23(4)21-30-26(28)19-17-15-13-11-9-7-2/h22-24H,6-21H2,1-5H3. The van der Waals surface area contributed by atoms with E-state index in [0.717, 1.165) is 25.7 Å². The van der Waals surface area contributed by atoms with Crippen molar-refractivity contribution in [3.05, 3.63) is 0 Å². The molecule has 0 saturated heterocycles. The summed E-state index contributed by atoms with van der Waals surface area (Å²) in [6.07, 6.45) is 15.1. The third-order valence-corrected chi connectivity index (χ3v) is 6.28. The van der Waals surface area contributed by atoms with Gasteiger partial charge in [-0.3, -0.25) is 9.59 Å². The molecular formula is C26H50O4. The first-order valence-electron chi connectivity index (χ1n) is 12.7. The Balaban J connectivity index is 3.83. The molecule has 0 aliphatic rings. The molecular weight excluding hydrogens is 376 g/mol. The maximum absolute atomic E-state index is 11.9. The summed E-state index contributed by atoms with van der Waals surface area (Å²) in [4.78, 5) is 23.9. The van der Waals surface area contributed by atoms with Gasteiger partial charge < -0.3 is 9.47 Å². The van der Waals surface area contributed by atoms with Gasteiger partial charge >= 0.3 is 11.9 Å². The minimum atomic E-state index is -0.0810. The molecule has 0 rings (SSSR count). The average molecular weight is 427 g/mol. The van der Waals surface area contributed by atoms with Crippen LogP contribution in [0.4, 0.5) is 0 Å². The fourth-order valence-corrected chi connectivity index (χ4v) is 3.56. The highest BCUT2D eigenvalue weighted by Gasteiger charge is 2.22. The Labute approximate surface area is 186 Å². The molecule has 0 bridgehead atoms. The van der Waals surface area contributed by atoms with Crippen LogP contribution in [0.15, 0.2) is 0 Å². The molecule has 178 valence electrons. The minimum Gasteiger partial charge on any atom is -0.465 e. The van der Waals surface area contributed by atoms with Gasteiger partial charge in [-0.25, -0.2) is 0 Å². The van der Waals surface area contributed by atoms with Gasteiger partial charge in [-0.1, -0.05) is 98.8 Å². The quantitative estimate of drug-likeness (QED) is 0.149. The molecule has 0 amide bonds. The highest BCUT2D eigenvalue weighted by Crippen LogP contribution is 2.22. The van der Waals surface area contributed by atoms with Crippen molar-refractivity contribution in [1.29, 1.82) is 0 Å². The number of ether oxygens (including phenoxy) is 2. The summed E-state index contributed by atoms with van der Waals surface area (Å²) < 4.78 is 11.0. The molecule has 0 heterocycles. The average Bonchev–Trinajstić information content (AvgIpc) is 2.74. The Hall–Kier alpha value is -1.06. The molecule has 0 N–H and O–H groups in total. The van der Waals surface area contributed by atoms with Gasteiger partial charge in [0.2, 0.25) is 0 Å². The second-order valence-corrected chi connectivity index (χ2v) is 9.22. The summed E-state index contributed by atoms with van der Waals surface area (Å²) in [6, 6.07) is 0. The van der Waals surface area contributed by atoms with Crippen LogP contribution in [0, 0.1) is 17.8 Å². The smallest absolute Gasteiger partial charge is 0.305 e. The van der Waals surface area contributed by atoms with Crippen molar-refractivity contribution in [2.75, 3.05) is 13.2 Å². The third-order valence-electron chi connectivity index (χ3n) is 6.28. The first-order chi connectivity index (χ1) is 14.4. The zero-order valence-corrected chi connectivity index (χ0v) is 20.7. The summed E-state index contributed by atoms with van der Waals surface area (Å²) in [7, 11) is 0. The lowest BCUT2D eigenvalue weighted by Gasteiger charge is -2.25. The molecule has 2 unspecified atom stereocenters. The van der Waals surface area contributed by atoms with Gasteiger partial charge in [0.15, 0.2) is 0 Å². The predicted molar refractivity (Wildman–Crippen MR) is 125 cm³/mol. The van der Waals surface area contributed by atoms with Crippen LogP contribution in [0.2, 0.25) is 0 Å². The van der Waals surface area contributed by atoms with Crippen molar-refractivity contribution in [2.24, 2.45) is 17.8 Å². The lowest BCUT2D eigenvalue weighted by molar-refractivity contribution is -0.146. The van der Waals surface area contributed by atoms with E-state index in [1.807, 2.05) is 0 Å². The van der Waals surface area contributed by atoms with Crippen molar-refractivity contribution >= 4 is 11.9 Å². The van der Waals surface area contributed by atoms with Crippen LogP contribution in [-0.4, -0.2) is 25.2 Å². The highest BCUT2D eigenvalue weighted by molar-refractivity contribution is 5.69. The van der Waals surface area contributed by atoms with Crippen LogP contribution < -0.4 is 0 Å². The molecule has 0 aromatic rings. The van der Waals surface area contributed by atoms with Gasteiger partial charge in [-0.2, -0.15) is 0 Å². The highest BCUT2D eigenvalue weighted by atomic mass is 16.5. The number of hydrogen-bond donors (Lipinski definition) is 0. The van der Waals surface area contributed by atoms with E-state index < -0.39 is 0 Å². The molecule has 0 aliphatic heterocycles.